The van der Waals surface area contributed by atoms with E-state index in [0.29, 0.717) is 19.1 Å². The zero-order chi connectivity index (χ0) is 16.0. The number of nitrogens with zero attached hydrogens (tertiary/aromatic N) is 1. The van der Waals surface area contributed by atoms with Gasteiger partial charge in [0.1, 0.15) is 5.56 Å². The van der Waals surface area contributed by atoms with Gasteiger partial charge in [0, 0.05) is 19.1 Å². The number of benzene rings is 1. The summed E-state index contributed by atoms with van der Waals surface area (Å²) >= 11 is 0. The van der Waals surface area contributed by atoms with Gasteiger partial charge in [-0.25, -0.2) is 9.59 Å². The molecular formula is C14H21N3O4. The SMILES string of the molecule is CC(C)N(C)CCNC(=O)Nc1cccc(C(=O)O)c1O. The number of anilines is 1. The summed E-state index contributed by atoms with van der Waals surface area (Å²) in [4.78, 5) is 24.6. The number of phenols is 1. The lowest BCUT2D eigenvalue weighted by atomic mass is 10.2. The van der Waals surface area contributed by atoms with Crippen molar-refractivity contribution in [2.45, 2.75) is 19.9 Å². The number of aromatic hydroxyl groups is 1. The Labute approximate surface area is 123 Å². The van der Waals surface area contributed by atoms with Crippen LogP contribution in [0.4, 0.5) is 10.5 Å². The zero-order valence-corrected chi connectivity index (χ0v) is 12.4. The van der Waals surface area contributed by atoms with Crippen molar-refractivity contribution < 1.29 is 19.8 Å². The van der Waals surface area contributed by atoms with Crippen molar-refractivity contribution in [3.8, 4) is 5.75 Å². The van der Waals surface area contributed by atoms with Gasteiger partial charge in [-0.2, -0.15) is 0 Å². The summed E-state index contributed by atoms with van der Waals surface area (Å²) in [5.74, 6) is -1.71. The lowest BCUT2D eigenvalue weighted by Crippen LogP contribution is -2.37. The van der Waals surface area contributed by atoms with Crippen molar-refractivity contribution in [2.75, 3.05) is 25.5 Å². The molecule has 7 nitrogen and oxygen atoms in total. The second kappa shape index (κ2) is 7.49. The van der Waals surface area contributed by atoms with Crippen LogP contribution in [-0.4, -0.2) is 53.3 Å². The molecule has 0 saturated carbocycles. The number of carbonyl (C=O) groups is 2. The van der Waals surface area contributed by atoms with E-state index in [9.17, 15) is 14.7 Å². The quantitative estimate of drug-likeness (QED) is 0.596. The average Bonchev–Trinajstić information content (AvgIpc) is 2.40. The smallest absolute Gasteiger partial charge is 0.339 e. The van der Waals surface area contributed by atoms with Crippen LogP contribution in [0.5, 0.6) is 5.75 Å². The highest BCUT2D eigenvalue weighted by Crippen LogP contribution is 2.27. The molecule has 0 atom stereocenters. The Bertz CT molecular complexity index is 517. The molecule has 1 aromatic carbocycles. The largest absolute Gasteiger partial charge is 0.505 e. The molecule has 0 heterocycles. The summed E-state index contributed by atoms with van der Waals surface area (Å²) in [6.07, 6.45) is 0. The highest BCUT2D eigenvalue weighted by molar-refractivity contribution is 5.97. The predicted octanol–water partition coefficient (Wildman–Crippen LogP) is 1.55. The number of carboxylic acids is 1. The molecule has 0 unspecified atom stereocenters. The third kappa shape index (κ3) is 4.96. The maximum Gasteiger partial charge on any atom is 0.339 e. The van der Waals surface area contributed by atoms with Gasteiger partial charge < -0.3 is 25.7 Å². The molecule has 0 aromatic heterocycles. The number of para-hydroxylation sites is 1. The molecule has 4 N–H and O–H groups in total. The number of carboxylic acid groups (broad SMARTS) is 1. The van der Waals surface area contributed by atoms with Crippen LogP contribution in [0.25, 0.3) is 0 Å². The Morgan fingerprint density at radius 3 is 2.57 bits per heavy atom. The molecule has 0 aliphatic heterocycles. The van der Waals surface area contributed by atoms with Gasteiger partial charge in [-0.3, -0.25) is 0 Å². The van der Waals surface area contributed by atoms with Crippen LogP contribution in [-0.2, 0) is 0 Å². The third-order valence-corrected chi connectivity index (χ3v) is 3.15. The number of hydrogen-bond acceptors (Lipinski definition) is 4. The Morgan fingerprint density at radius 2 is 2.00 bits per heavy atom. The first-order valence-corrected chi connectivity index (χ1v) is 6.63. The number of amides is 2. The normalized spacial score (nSPS) is 10.7. The van der Waals surface area contributed by atoms with E-state index < -0.39 is 17.7 Å². The Morgan fingerprint density at radius 1 is 1.33 bits per heavy atom. The number of hydrogen-bond donors (Lipinski definition) is 4. The van der Waals surface area contributed by atoms with E-state index in [1.54, 1.807) is 0 Å². The zero-order valence-electron chi connectivity index (χ0n) is 12.4. The standard InChI is InChI=1S/C14H21N3O4/c1-9(2)17(3)8-7-15-14(21)16-11-6-4-5-10(12(11)18)13(19)20/h4-6,9,18H,7-8H2,1-3H3,(H,19,20)(H2,15,16,21). The van der Waals surface area contributed by atoms with Crippen LogP contribution in [0, 0.1) is 0 Å². The van der Waals surface area contributed by atoms with Gasteiger partial charge in [0.2, 0.25) is 0 Å². The molecule has 0 radical (unpaired) electrons. The minimum atomic E-state index is -1.25. The summed E-state index contributed by atoms with van der Waals surface area (Å²) in [5, 5.41) is 23.7. The molecule has 2 amide bonds. The lowest BCUT2D eigenvalue weighted by molar-refractivity contribution is 0.0693. The molecule has 0 bridgehead atoms. The Balaban J connectivity index is 2.56. The molecule has 116 valence electrons. The van der Waals surface area contributed by atoms with Crippen LogP contribution in [0.15, 0.2) is 18.2 Å². The summed E-state index contributed by atoms with van der Waals surface area (Å²) < 4.78 is 0. The maximum absolute atomic E-state index is 11.7. The summed E-state index contributed by atoms with van der Waals surface area (Å²) in [6, 6.07) is 4.03. The van der Waals surface area contributed by atoms with Crippen molar-refractivity contribution >= 4 is 17.7 Å². The second-order valence-electron chi connectivity index (χ2n) is 4.96. The number of aromatic carboxylic acids is 1. The summed E-state index contributed by atoms with van der Waals surface area (Å²) in [7, 11) is 1.95. The van der Waals surface area contributed by atoms with E-state index in [-0.39, 0.29) is 11.3 Å². The minimum absolute atomic E-state index is 0.0598. The molecule has 0 aliphatic rings. The van der Waals surface area contributed by atoms with Crippen LogP contribution in [0.1, 0.15) is 24.2 Å². The van der Waals surface area contributed by atoms with E-state index >= 15 is 0 Å². The van der Waals surface area contributed by atoms with E-state index in [1.807, 2.05) is 7.05 Å². The number of rotatable bonds is 6. The number of likely N-dealkylation sites (N-methyl/N-ethyl adjacent to an activating group) is 1. The fourth-order valence-electron chi connectivity index (χ4n) is 1.59. The second-order valence-corrected chi connectivity index (χ2v) is 4.96. The molecule has 0 aliphatic carbocycles. The summed E-state index contributed by atoms with van der Waals surface area (Å²) in [5.41, 5.74) is -0.197. The minimum Gasteiger partial charge on any atom is -0.505 e. The molecule has 0 spiro atoms. The van der Waals surface area contributed by atoms with E-state index in [0.717, 1.165) is 0 Å². The fraction of sp³-hybridized carbons (Fsp3) is 0.429. The first kappa shape index (κ1) is 16.8. The Hall–Kier alpha value is -2.28. The molecule has 0 saturated heterocycles. The van der Waals surface area contributed by atoms with Crippen LogP contribution in [0.2, 0.25) is 0 Å². The van der Waals surface area contributed by atoms with Crippen LogP contribution < -0.4 is 10.6 Å². The topological polar surface area (TPSA) is 102 Å². The highest BCUT2D eigenvalue weighted by Gasteiger charge is 2.14. The van der Waals surface area contributed by atoms with Crippen molar-refractivity contribution in [1.82, 2.24) is 10.2 Å². The first-order chi connectivity index (χ1) is 9.82. The monoisotopic (exact) mass is 295 g/mol. The molecule has 1 aromatic rings. The van der Waals surface area contributed by atoms with Crippen molar-refractivity contribution in [2.24, 2.45) is 0 Å². The predicted molar refractivity (Wildman–Crippen MR) is 79.9 cm³/mol. The van der Waals surface area contributed by atoms with Crippen LogP contribution >= 0.6 is 0 Å². The number of carbonyl (C=O) groups excluding carboxylic acids is 1. The van der Waals surface area contributed by atoms with E-state index in [4.69, 9.17) is 5.11 Å². The van der Waals surface area contributed by atoms with Gasteiger partial charge in [-0.1, -0.05) is 6.07 Å². The van der Waals surface area contributed by atoms with Gasteiger partial charge in [0.15, 0.2) is 5.75 Å². The average molecular weight is 295 g/mol. The van der Waals surface area contributed by atoms with Crippen molar-refractivity contribution in [1.29, 1.82) is 0 Å². The first-order valence-electron chi connectivity index (χ1n) is 6.63. The third-order valence-electron chi connectivity index (χ3n) is 3.15. The van der Waals surface area contributed by atoms with Crippen LogP contribution in [0.3, 0.4) is 0 Å². The highest BCUT2D eigenvalue weighted by atomic mass is 16.4. The maximum atomic E-state index is 11.7. The summed E-state index contributed by atoms with van der Waals surface area (Å²) in [6.45, 7) is 5.23. The number of urea groups is 1. The molecule has 7 heteroatoms. The lowest BCUT2D eigenvalue weighted by Gasteiger charge is -2.21. The van der Waals surface area contributed by atoms with Crippen molar-refractivity contribution in [3.05, 3.63) is 23.8 Å². The molecule has 1 rings (SSSR count). The van der Waals surface area contributed by atoms with Gasteiger partial charge in [0.05, 0.1) is 5.69 Å². The number of nitrogens with one attached hydrogen (secondary N) is 2. The molecular weight excluding hydrogens is 274 g/mol. The Kier molecular flexibility index (Phi) is 5.98. The molecule has 21 heavy (non-hydrogen) atoms. The fourth-order valence-corrected chi connectivity index (χ4v) is 1.59. The van der Waals surface area contributed by atoms with Gasteiger partial charge in [0.25, 0.3) is 0 Å². The van der Waals surface area contributed by atoms with E-state index in [2.05, 4.69) is 29.4 Å². The molecule has 0 fully saturated rings. The van der Waals surface area contributed by atoms with Crippen molar-refractivity contribution in [3.63, 3.8) is 0 Å². The van der Waals surface area contributed by atoms with Gasteiger partial charge >= 0.3 is 12.0 Å². The van der Waals surface area contributed by atoms with Gasteiger partial charge in [-0.05, 0) is 33.0 Å². The van der Waals surface area contributed by atoms with E-state index in [1.165, 1.54) is 18.2 Å². The van der Waals surface area contributed by atoms with Gasteiger partial charge in [-0.15, -0.1) is 0 Å².